The van der Waals surface area contributed by atoms with Crippen molar-refractivity contribution in [3.63, 3.8) is 0 Å². The second-order valence-corrected chi connectivity index (χ2v) is 40.4. The van der Waals surface area contributed by atoms with Crippen molar-refractivity contribution in [2.75, 3.05) is 121 Å². The number of nitrogens with one attached hydrogen (secondary N) is 2. The third kappa shape index (κ3) is 19.4. The number of rotatable bonds is 14. The molecule has 0 radical (unpaired) electrons. The summed E-state index contributed by atoms with van der Waals surface area (Å²) in [5, 5.41) is 18.4. The maximum Gasteiger partial charge on any atom is 0.147 e. The monoisotopic (exact) mass is 1930 g/mol. The van der Waals surface area contributed by atoms with E-state index < -0.39 is 5.54 Å². The third-order valence-corrected chi connectivity index (χ3v) is 32.2. The van der Waals surface area contributed by atoms with Gasteiger partial charge in [0, 0.05) is 168 Å². The average molecular weight is 1940 g/mol. The molecule has 10 aliphatic heterocycles. The molecule has 712 valence electrons. The molecule has 22 rings (SSSR count). The summed E-state index contributed by atoms with van der Waals surface area (Å²) in [6.45, 7) is 24.0. The largest absolute Gasteiger partial charge is 0.394 e. The highest BCUT2D eigenvalue weighted by Crippen LogP contribution is 2.49. The highest BCUT2D eigenvalue weighted by molar-refractivity contribution is 6.39. The summed E-state index contributed by atoms with van der Waals surface area (Å²) in [6, 6.07) is 10.3. The number of nitrogens with two attached hydrogens (primary N) is 5. The molecule has 10 aromatic rings. The molecule has 7 fully saturated rings. The minimum absolute atomic E-state index is 0.0139. The van der Waals surface area contributed by atoms with Crippen molar-refractivity contribution in [3.8, 4) is 0 Å². The predicted molar refractivity (Wildman–Crippen MR) is 541 cm³/mol. The zero-order valence-electron chi connectivity index (χ0n) is 78.4. The molecule has 12 aliphatic rings. The summed E-state index contributed by atoms with van der Waals surface area (Å²) < 4.78 is 0. The molecule has 10 aromatic heterocycles. The van der Waals surface area contributed by atoms with E-state index in [9.17, 15) is 5.11 Å². The number of halogens is 5. The quantitative estimate of drug-likeness (QED) is 0.0501. The topological polar surface area (TPSA) is 446 Å². The number of pyridine rings is 5. The maximum absolute atomic E-state index is 9.41. The van der Waals surface area contributed by atoms with Gasteiger partial charge >= 0.3 is 0 Å². The number of aliphatic hydroxyl groups is 1. The van der Waals surface area contributed by atoms with Crippen molar-refractivity contribution in [2.45, 2.75) is 206 Å². The lowest BCUT2D eigenvalue weighted by molar-refractivity contribution is 0.170. The van der Waals surface area contributed by atoms with E-state index in [4.69, 9.17) is 127 Å². The summed E-state index contributed by atoms with van der Waals surface area (Å²) in [6.07, 6.45) is 35.5. The van der Waals surface area contributed by atoms with Gasteiger partial charge in [0.25, 0.3) is 0 Å². The molecule has 1 unspecified atom stereocenters. The minimum atomic E-state index is -0.479. The lowest BCUT2D eigenvalue weighted by atomic mass is 9.74. The molecule has 136 heavy (non-hydrogen) atoms. The van der Waals surface area contributed by atoms with Crippen LogP contribution in [-0.4, -0.2) is 224 Å². The Labute approximate surface area is 818 Å². The van der Waals surface area contributed by atoms with Crippen molar-refractivity contribution < 1.29 is 5.11 Å². The molecule has 20 heterocycles. The first-order valence-electron chi connectivity index (χ1n) is 47.3. The van der Waals surface area contributed by atoms with Gasteiger partial charge in [-0.3, -0.25) is 39.9 Å². The summed E-state index contributed by atoms with van der Waals surface area (Å²) in [7, 11) is 3.59. The van der Waals surface area contributed by atoms with E-state index in [2.05, 4.69) is 116 Å². The van der Waals surface area contributed by atoms with E-state index in [1.165, 1.54) is 38.5 Å². The Morgan fingerprint density at radius 1 is 0.375 bits per heavy atom. The van der Waals surface area contributed by atoms with Crippen molar-refractivity contribution in [1.82, 2.24) is 74.8 Å². The Morgan fingerprint density at radius 3 is 0.890 bits per heavy atom. The number of aromatic nitrogens is 15. The van der Waals surface area contributed by atoms with E-state index in [1.54, 1.807) is 51.3 Å². The number of piperidine rings is 5. The van der Waals surface area contributed by atoms with Gasteiger partial charge in [0.05, 0.1) is 170 Å². The molecule has 2 saturated carbocycles. The predicted octanol–water partition coefficient (Wildman–Crippen LogP) is 13.1. The second-order valence-electron chi connectivity index (χ2n) is 38.5. The van der Waals surface area contributed by atoms with Crippen LogP contribution in [0.4, 0.5) is 40.7 Å². The Balaban J connectivity index is 0.000000113. The van der Waals surface area contributed by atoms with Crippen LogP contribution in [0.5, 0.6) is 0 Å². The smallest absolute Gasteiger partial charge is 0.147 e. The number of aryl methyl sites for hydroxylation is 3. The van der Waals surface area contributed by atoms with Gasteiger partial charge in [-0.1, -0.05) is 77.8 Å². The van der Waals surface area contributed by atoms with Crippen LogP contribution in [0.2, 0.25) is 25.1 Å². The molecule has 3 atom stereocenters. The summed E-state index contributed by atoms with van der Waals surface area (Å²) in [5.41, 5.74) is 50.8. The van der Waals surface area contributed by atoms with Crippen LogP contribution in [0.15, 0.2) is 117 Å². The second kappa shape index (κ2) is 40.0. The summed E-state index contributed by atoms with van der Waals surface area (Å²) in [4.78, 5) is 103. The number of anilines is 7. The van der Waals surface area contributed by atoms with Crippen molar-refractivity contribution in [3.05, 3.63) is 219 Å². The molecule has 0 bridgehead atoms. The van der Waals surface area contributed by atoms with Gasteiger partial charge in [0.1, 0.15) is 69.2 Å². The molecular weight excluding hydrogens is 1820 g/mol. The number of aliphatic hydroxyl groups excluding tert-OH is 1. The van der Waals surface area contributed by atoms with E-state index >= 15 is 0 Å². The first-order chi connectivity index (χ1) is 65.6. The molecule has 0 amide bonds. The fraction of sp³-hybridized carbons (Fsp3) is 0.490. The molecule has 2 spiro atoms. The van der Waals surface area contributed by atoms with E-state index in [-0.39, 0.29) is 23.6 Å². The Morgan fingerprint density at radius 2 is 0.632 bits per heavy atom. The van der Waals surface area contributed by atoms with Crippen LogP contribution in [0.1, 0.15) is 225 Å². The molecule has 38 heteroatoms. The zero-order valence-corrected chi connectivity index (χ0v) is 82.2. The molecule has 0 aromatic carbocycles. The van der Waals surface area contributed by atoms with Crippen LogP contribution in [-0.2, 0) is 32.7 Å². The Kier molecular flexibility index (Phi) is 28.1. The van der Waals surface area contributed by atoms with Crippen LogP contribution >= 0.6 is 58.0 Å². The van der Waals surface area contributed by atoms with Gasteiger partial charge in [0.15, 0.2) is 0 Å². The summed E-state index contributed by atoms with van der Waals surface area (Å²) in [5.74, 6) is 5.81. The third-order valence-electron chi connectivity index (χ3n) is 30.0. The number of nitrogens with zero attached hydrogens (tertiary/aromatic N) is 25. The lowest BCUT2D eigenvalue weighted by Crippen LogP contribution is -2.53. The molecule has 13 N–H and O–H groups in total. The van der Waals surface area contributed by atoms with Gasteiger partial charge in [-0.15, -0.1) is 0 Å². The van der Waals surface area contributed by atoms with Gasteiger partial charge < -0.3 is 68.9 Å². The molecule has 33 nitrogen and oxygen atoms in total. The van der Waals surface area contributed by atoms with Gasteiger partial charge in [0.2, 0.25) is 0 Å². The Bertz CT molecular complexity index is 6300. The van der Waals surface area contributed by atoms with Gasteiger partial charge in [-0.2, -0.15) is 0 Å². The van der Waals surface area contributed by atoms with Crippen LogP contribution in [0.3, 0.4) is 0 Å². The number of hydrogen-bond acceptors (Lipinski definition) is 33. The fourth-order valence-electron chi connectivity index (χ4n) is 20.6. The highest BCUT2D eigenvalue weighted by atomic mass is 35.5. The number of aliphatic imine (C=N–C) groups is 5. The molecule has 2 aliphatic carbocycles. The van der Waals surface area contributed by atoms with Crippen molar-refractivity contribution >= 4 is 127 Å². The SMILES string of the molecule is CNc1nccc(C2=NCc3nc(N4CCC(C)(N)CC4)cnc32)c1Cl.CNc1nccc(C2=NCc3nc(N4CCC5(CCC[C@H]5N)CC4)cnc32)c1Cl.Cc1nccc(C2=NCc3nc(N4CCC(C)(C(C)N)CC4)cnc32)c1Cl.Cc1nccc(C2=NCc3nc(N4CCC(N)(CO)CC4)cnc32)c1Cl.Cc1nccc(C2=NCc3nc(N4CCC5(CCC[C@H]5N)CC4)cnc32)c1Cl. The summed E-state index contributed by atoms with van der Waals surface area (Å²) >= 11 is 32.3. The maximum atomic E-state index is 9.41. The molecule has 5 saturated heterocycles. The number of hydrogen-bond donors (Lipinski definition) is 8. The number of fused-ring (bicyclic) bond motifs is 5. The van der Waals surface area contributed by atoms with Crippen LogP contribution in [0.25, 0.3) is 0 Å². The first-order valence-corrected chi connectivity index (χ1v) is 49.2. The van der Waals surface area contributed by atoms with E-state index in [0.717, 1.165) is 289 Å². The van der Waals surface area contributed by atoms with E-state index in [0.29, 0.717) is 92.4 Å². The van der Waals surface area contributed by atoms with Gasteiger partial charge in [-0.25, -0.2) is 59.8 Å². The van der Waals surface area contributed by atoms with Crippen molar-refractivity contribution in [1.29, 1.82) is 0 Å². The minimum Gasteiger partial charge on any atom is -0.394 e. The first kappa shape index (κ1) is 95.6. The van der Waals surface area contributed by atoms with E-state index in [1.807, 2.05) is 75.9 Å². The van der Waals surface area contributed by atoms with Crippen LogP contribution in [0, 0.1) is 37.0 Å². The normalized spacial score (nSPS) is 20.6. The average Bonchev–Trinajstić information content (AvgIpc) is 1.50. The van der Waals surface area contributed by atoms with Crippen molar-refractivity contribution in [2.24, 2.45) is 69.9 Å². The molecular formula is C98H119Cl5N32O. The fourth-order valence-corrected chi connectivity index (χ4v) is 21.8. The zero-order chi connectivity index (χ0) is 95.1. The van der Waals surface area contributed by atoms with Crippen LogP contribution < -0.4 is 63.8 Å². The standard InChI is InChI=1S/C21H26ClN7.C21H25ClN6.C20H25ClN6.C18H22ClN7.C18H21ClN6O/c1-24-20-17(22)13(4-8-25-20)18-19-14(11-26-18)28-16(12-27-19)29-9-6-21(7-10-29)5-2-3-15(21)23;1-13-18(22)14(4-8-24-13)19-20-15(11-25-19)27-17(12-26-20)28-9-6-21(7-10-28)5-2-3-16(21)23;1-12-17(21)14(4-7-23-12)18-19-15(10-24-18)26-16(11-25-19)27-8-5-20(3,6-9-27)13(2)22;1-18(20)4-7-26(8-5-18)13-10-24-16-12(25-13)9-23-15(16)11-3-6-22-17(21-2)14(11)19;1-11-15(19)12(2-5-21-11)16-17-13(8-22-16)24-14(9-23-17)25-6-3-18(20,10-26)4-7-25/h4,8,12,15H,2-3,5-7,9-11,23H2,1H3,(H,24,25);4,8,12,16H,2-3,5-7,9-11,23H2,1H3;4,7,11,13H,5-6,8-10,22H2,1-3H3;3,6,10H,4-5,7-9,20H2,1-2H3,(H,21,22);2,5,9,26H,3-4,6-8,10,20H2,1H3/t15-;16-;;;/m11.../s1. The highest BCUT2D eigenvalue weighted by Gasteiger charge is 2.46. The van der Waals surface area contributed by atoms with Gasteiger partial charge in [-0.05, 0) is 171 Å². The lowest BCUT2D eigenvalue weighted by Gasteiger charge is -2.42. The Hall–Kier alpha value is -10.7.